The van der Waals surface area contributed by atoms with E-state index in [2.05, 4.69) is 313 Å². The average molecular weight is 1800 g/mol. The number of ether oxygens (including phenoxy) is 9. The number of hydroxylamine groups is 2. The third-order valence-corrected chi connectivity index (χ3v) is 31.3. The van der Waals surface area contributed by atoms with Gasteiger partial charge in [0, 0.05) is 212 Å². The Labute approximate surface area is 776 Å². The Hall–Kier alpha value is -0.960. The van der Waals surface area contributed by atoms with Crippen LogP contribution in [-0.2, 0) is 42.6 Å². The van der Waals surface area contributed by atoms with Crippen molar-refractivity contribution in [1.82, 2.24) is 61.9 Å². The second kappa shape index (κ2) is 46.5. The number of nitrogens with zero attached hydrogens (tertiary/aromatic N) is 5. The Morgan fingerprint density at radius 1 is 0.230 bits per heavy atom. The first-order valence-corrected chi connectivity index (χ1v) is 48.7. The van der Waals surface area contributed by atoms with Gasteiger partial charge in [-0.1, -0.05) is 14.9 Å². The van der Waals surface area contributed by atoms with E-state index in [9.17, 15) is 5.21 Å². The lowest BCUT2D eigenvalue weighted by Crippen LogP contribution is -2.47. The first-order chi connectivity index (χ1) is 55.6. The molecule has 0 spiro atoms. The summed E-state index contributed by atoms with van der Waals surface area (Å²) in [5.74, 6) is 4.51. The topological polar surface area (TPSA) is 267 Å². The van der Waals surface area contributed by atoms with Crippen LogP contribution in [0, 0.1) is 53.3 Å². The standard InChI is InChI=1S/C34H68N4O3.C33H66N4O4.C33H66N4O3.2CH4.2H2O/c1-29(2)20-26(32(7,8)35-29)23-39-17-14-38(15-18-40-24-27-21-30(3,4)36-33(27,9)10)16-19-41-25-28-22-31(5,6)37(13)34(28,11)12;1-28(2)19-25(31(7,8)34-28)22-39-16-13-36(14-17-40-23-26-20-29(3,4)35-32(26,9)10)15-18-41-24-27-21-30(5,6)37(38)33(27,11)12;1-28(2)19-25(31(7,8)34-28)22-38-16-13-37(14-17-39-23-26-20-29(3,4)35-32(26,9)10)15-18-40-24-27-21-30(5,6)36-33(27,11)12;;;;/h26-28,35-36H,14-25H2,1-13H3;25-27,34-35,38H,13-24H2,1-12H3;25-27,34-36H,13-24H2,1-12H3;2*1H4;2*1H2. The molecular formula is C102H212N12O12. The fraction of sp³-hybridized carbons (Fsp3) is 1.00. The predicted molar refractivity (Wildman–Crippen MR) is 527 cm³/mol. The minimum Gasteiger partial charge on any atom is -0.412 e. The van der Waals surface area contributed by atoms with E-state index in [-0.39, 0.29) is 126 Å². The Balaban J connectivity index is 0.000000480. The Morgan fingerprint density at radius 2 is 0.373 bits per heavy atom. The van der Waals surface area contributed by atoms with Gasteiger partial charge in [-0.15, -0.1) is 0 Å². The molecule has 0 amide bonds. The molecule has 0 aromatic carbocycles. The summed E-state index contributed by atoms with van der Waals surface area (Å²) < 4.78 is 56.5. The van der Waals surface area contributed by atoms with Crippen LogP contribution in [0.5, 0.6) is 0 Å². The number of rotatable bonds is 45. The van der Waals surface area contributed by atoms with Crippen LogP contribution in [0.4, 0.5) is 0 Å². The van der Waals surface area contributed by atoms with Crippen LogP contribution in [0.15, 0.2) is 0 Å². The molecule has 9 saturated heterocycles. The molecule has 9 aliphatic heterocycles. The minimum absolute atomic E-state index is 0. The number of likely N-dealkylation sites (tertiary alicyclic amines) is 1. The van der Waals surface area contributed by atoms with Crippen LogP contribution in [0.3, 0.4) is 0 Å². The van der Waals surface area contributed by atoms with Gasteiger partial charge in [-0.05, 0) is 314 Å². The highest BCUT2D eigenvalue weighted by Gasteiger charge is 2.54. The molecule has 0 aromatic rings. The van der Waals surface area contributed by atoms with Crippen LogP contribution in [0.1, 0.15) is 322 Å². The summed E-state index contributed by atoms with van der Waals surface area (Å²) in [6.45, 7) is 104. The molecule has 9 heterocycles. The highest BCUT2D eigenvalue weighted by atomic mass is 16.5. The second-order valence-electron chi connectivity index (χ2n) is 51.2. The first-order valence-electron chi connectivity index (χ1n) is 48.7. The molecule has 0 radical (unpaired) electrons. The summed E-state index contributed by atoms with van der Waals surface area (Å²) in [4.78, 5) is 9.89. The molecule has 9 atom stereocenters. The maximum absolute atomic E-state index is 10.7. The zero-order chi connectivity index (χ0) is 91.9. The number of hydrogen-bond acceptors (Lipinski definition) is 22. The quantitative estimate of drug-likeness (QED) is 0.0263. The molecule has 0 aromatic heterocycles. The molecular weight excluding hydrogens is 1590 g/mol. The lowest BCUT2D eigenvalue weighted by atomic mass is 9.88. The van der Waals surface area contributed by atoms with Gasteiger partial charge >= 0.3 is 0 Å². The third-order valence-electron chi connectivity index (χ3n) is 31.3. The van der Waals surface area contributed by atoms with E-state index in [4.69, 9.17) is 42.6 Å². The number of hydrogen-bond donors (Lipinski definition) is 8. The van der Waals surface area contributed by atoms with Gasteiger partial charge in [-0.3, -0.25) is 19.6 Å². The van der Waals surface area contributed by atoms with E-state index in [1.54, 1.807) is 0 Å². The molecule has 24 heteroatoms. The van der Waals surface area contributed by atoms with Gasteiger partial charge < -0.3 is 96.0 Å². The van der Waals surface area contributed by atoms with Gasteiger partial charge in [0.05, 0.1) is 119 Å². The summed E-state index contributed by atoms with van der Waals surface area (Å²) in [6.07, 6.45) is 10.1. The molecule has 0 aliphatic carbocycles. The van der Waals surface area contributed by atoms with Crippen molar-refractivity contribution in [3.05, 3.63) is 0 Å². The van der Waals surface area contributed by atoms with Crippen LogP contribution < -0.4 is 37.2 Å². The highest BCUT2D eigenvalue weighted by Crippen LogP contribution is 2.47. The van der Waals surface area contributed by atoms with Crippen molar-refractivity contribution >= 4 is 0 Å². The SMILES string of the molecule is C.C.CC1(C)CC(COCCN(CCOCC2CC(C)(C)NC2(C)C)CCOCC2CC(C)(C)N(O)C2(C)C)C(C)(C)N1.CC1(C)CC(COCCN(CCOCC2CC(C)(C)NC2(C)C)CCOCC2CC(C)(C)NC2(C)C)C(C)(C)N1.CN1C(C)(C)CC(COCCN(CCOCC2CC(C)(C)NC2(C)C)CCOCC2CC(C)(C)NC2(C)C)C1(C)C.O.O. The molecule has 126 heavy (non-hydrogen) atoms. The lowest BCUT2D eigenvalue weighted by Gasteiger charge is -2.38. The van der Waals surface area contributed by atoms with E-state index in [0.29, 0.717) is 79.7 Å². The molecule has 9 fully saturated rings. The molecule has 9 unspecified atom stereocenters. The van der Waals surface area contributed by atoms with E-state index >= 15 is 0 Å². The largest absolute Gasteiger partial charge is 0.412 e. The molecule has 12 N–H and O–H groups in total. The zero-order valence-electron chi connectivity index (χ0n) is 87.5. The van der Waals surface area contributed by atoms with Gasteiger partial charge in [-0.25, -0.2) is 0 Å². The maximum Gasteiger partial charge on any atom is 0.0593 e. The average Bonchev–Trinajstić information content (AvgIpc) is 1.61. The van der Waals surface area contributed by atoms with Crippen LogP contribution in [0.2, 0.25) is 0 Å². The predicted octanol–water partition coefficient (Wildman–Crippen LogP) is 14.6. The maximum atomic E-state index is 10.7. The van der Waals surface area contributed by atoms with Crippen molar-refractivity contribution in [3.8, 4) is 0 Å². The van der Waals surface area contributed by atoms with Crippen LogP contribution in [0.25, 0.3) is 0 Å². The van der Waals surface area contributed by atoms with Crippen molar-refractivity contribution in [1.29, 1.82) is 0 Å². The first kappa shape index (κ1) is 119. The van der Waals surface area contributed by atoms with E-state index in [1.807, 2.05) is 0 Å². The van der Waals surface area contributed by atoms with E-state index in [1.165, 1.54) is 11.5 Å². The van der Waals surface area contributed by atoms with Crippen molar-refractivity contribution in [2.24, 2.45) is 53.3 Å². The Kier molecular flexibility index (Phi) is 44.0. The summed E-state index contributed by atoms with van der Waals surface area (Å²) in [6, 6.07) is 0. The van der Waals surface area contributed by atoms with E-state index < -0.39 is 0 Å². The molecule has 9 rings (SSSR count). The van der Waals surface area contributed by atoms with Crippen molar-refractivity contribution in [2.45, 2.75) is 422 Å². The van der Waals surface area contributed by atoms with Gasteiger partial charge in [0.1, 0.15) is 0 Å². The van der Waals surface area contributed by atoms with Gasteiger partial charge in [0.25, 0.3) is 0 Å². The van der Waals surface area contributed by atoms with Crippen LogP contribution in [-0.4, -0.2) is 325 Å². The molecule has 0 saturated carbocycles. The van der Waals surface area contributed by atoms with Crippen molar-refractivity contribution in [3.63, 3.8) is 0 Å². The fourth-order valence-electron chi connectivity index (χ4n) is 24.4. The summed E-state index contributed by atoms with van der Waals surface area (Å²) in [5.41, 5.74) is 1.79. The smallest absolute Gasteiger partial charge is 0.0593 e. The summed E-state index contributed by atoms with van der Waals surface area (Å²) in [5, 5.41) is 38.6. The minimum atomic E-state index is -0.292. The fourth-order valence-corrected chi connectivity index (χ4v) is 24.4. The Bertz CT molecular complexity index is 2810. The number of nitrogens with one attached hydrogen (secondary N) is 7. The molecule has 0 bridgehead atoms. The molecule has 24 nitrogen and oxygen atoms in total. The van der Waals surface area contributed by atoms with Crippen molar-refractivity contribution < 1.29 is 58.8 Å². The summed E-state index contributed by atoms with van der Waals surface area (Å²) in [7, 11) is 2.26. The second-order valence-corrected chi connectivity index (χ2v) is 51.2. The van der Waals surface area contributed by atoms with Gasteiger partial charge in [0.2, 0.25) is 0 Å². The van der Waals surface area contributed by atoms with Gasteiger partial charge in [0.15, 0.2) is 0 Å². The van der Waals surface area contributed by atoms with Crippen LogP contribution >= 0.6 is 0 Å². The lowest BCUT2D eigenvalue weighted by molar-refractivity contribution is -0.198. The third kappa shape index (κ3) is 35.6. The van der Waals surface area contributed by atoms with Crippen molar-refractivity contribution in [2.75, 3.05) is 185 Å². The molecule has 752 valence electrons. The zero-order valence-corrected chi connectivity index (χ0v) is 87.5. The van der Waals surface area contributed by atoms with Gasteiger partial charge in [-0.2, -0.15) is 5.06 Å². The Morgan fingerprint density at radius 3 is 0.492 bits per heavy atom. The van der Waals surface area contributed by atoms with E-state index in [0.717, 1.165) is 203 Å². The normalized spacial score (nSPS) is 30.3. The molecule has 9 aliphatic rings. The highest BCUT2D eigenvalue weighted by molar-refractivity contribution is 5.10. The summed E-state index contributed by atoms with van der Waals surface area (Å²) >= 11 is 0. The monoisotopic (exact) mass is 1800 g/mol.